The van der Waals surface area contributed by atoms with Gasteiger partial charge in [0.15, 0.2) is 0 Å². The predicted octanol–water partition coefficient (Wildman–Crippen LogP) is 4.15. The van der Waals surface area contributed by atoms with Gasteiger partial charge in [-0.2, -0.15) is 0 Å². The molecule has 0 bridgehead atoms. The molecule has 0 radical (unpaired) electrons. The molecule has 2 fully saturated rings. The summed E-state index contributed by atoms with van der Waals surface area (Å²) in [7, 11) is 0. The van der Waals surface area contributed by atoms with E-state index in [1.165, 1.54) is 25.7 Å². The van der Waals surface area contributed by atoms with Gasteiger partial charge >= 0.3 is 0 Å². The number of nitrogens with one attached hydrogen (secondary N) is 1. The second kappa shape index (κ2) is 7.91. The first-order valence-corrected chi connectivity index (χ1v) is 8.45. The Morgan fingerprint density at radius 1 is 1.19 bits per heavy atom. The van der Waals surface area contributed by atoms with Crippen molar-refractivity contribution in [1.82, 2.24) is 10.2 Å². The number of hydrogen-bond acceptors (Lipinski definition) is 2. The highest BCUT2D eigenvalue weighted by molar-refractivity contribution is 9.10. The first kappa shape index (κ1) is 17.2. The molecule has 3 rings (SSSR count). The third kappa shape index (κ3) is 3.79. The maximum atomic E-state index is 14.4. The molecule has 0 unspecified atom stereocenters. The van der Waals surface area contributed by atoms with Crippen molar-refractivity contribution in [2.45, 2.75) is 31.7 Å². The fraction of sp³-hybridized carbons (Fsp3) is 0.625. The molecule has 118 valence electrons. The average Bonchev–Trinajstić information content (AvgIpc) is 2.98. The van der Waals surface area contributed by atoms with E-state index in [4.69, 9.17) is 0 Å². The molecule has 2 nitrogen and oxygen atoms in total. The molecule has 0 spiro atoms. The maximum Gasteiger partial charge on any atom is 0.129 e. The van der Waals surface area contributed by atoms with Crippen LogP contribution in [-0.4, -0.2) is 31.1 Å². The zero-order valence-electron chi connectivity index (χ0n) is 12.2. The fourth-order valence-corrected chi connectivity index (χ4v) is 4.32. The van der Waals surface area contributed by atoms with E-state index in [2.05, 4.69) is 26.1 Å². The van der Waals surface area contributed by atoms with Gasteiger partial charge in [0.2, 0.25) is 0 Å². The molecule has 21 heavy (non-hydrogen) atoms. The summed E-state index contributed by atoms with van der Waals surface area (Å²) in [5.74, 6) is 0.538. The van der Waals surface area contributed by atoms with Gasteiger partial charge in [0.25, 0.3) is 0 Å². The molecule has 1 N–H and O–H groups in total. The summed E-state index contributed by atoms with van der Waals surface area (Å²) in [5, 5.41) is 3.39. The Hall–Kier alpha value is -0.160. The van der Waals surface area contributed by atoms with Crippen LogP contribution in [0.15, 0.2) is 22.7 Å². The van der Waals surface area contributed by atoms with Gasteiger partial charge in [-0.25, -0.2) is 4.39 Å². The van der Waals surface area contributed by atoms with Crippen molar-refractivity contribution < 1.29 is 4.39 Å². The zero-order chi connectivity index (χ0) is 13.9. The van der Waals surface area contributed by atoms with Crippen molar-refractivity contribution in [3.05, 3.63) is 34.1 Å². The number of nitrogens with zero attached hydrogens (tertiary/aromatic N) is 1. The van der Waals surface area contributed by atoms with Crippen LogP contribution in [-0.2, 0) is 0 Å². The number of rotatable bonds is 3. The van der Waals surface area contributed by atoms with Gasteiger partial charge in [-0.15, -0.1) is 12.4 Å². The van der Waals surface area contributed by atoms with E-state index in [0.29, 0.717) is 5.92 Å². The summed E-state index contributed by atoms with van der Waals surface area (Å²) >= 11 is 3.58. The lowest BCUT2D eigenvalue weighted by Crippen LogP contribution is -2.47. The Morgan fingerprint density at radius 3 is 2.48 bits per heavy atom. The minimum atomic E-state index is -0.0604. The van der Waals surface area contributed by atoms with Crippen LogP contribution in [0.4, 0.5) is 4.39 Å². The molecule has 1 saturated carbocycles. The second-order valence-electron chi connectivity index (χ2n) is 5.91. The summed E-state index contributed by atoms with van der Waals surface area (Å²) in [6, 6.07) is 5.59. The van der Waals surface area contributed by atoms with E-state index in [-0.39, 0.29) is 24.3 Å². The van der Waals surface area contributed by atoms with Crippen molar-refractivity contribution in [3.63, 3.8) is 0 Å². The van der Waals surface area contributed by atoms with Gasteiger partial charge in [-0.1, -0.05) is 34.8 Å². The molecule has 1 aliphatic carbocycles. The van der Waals surface area contributed by atoms with Crippen molar-refractivity contribution in [2.75, 3.05) is 26.2 Å². The molecule has 1 aromatic rings. The third-order valence-electron chi connectivity index (χ3n) is 4.69. The van der Waals surface area contributed by atoms with Gasteiger partial charge in [-0.3, -0.25) is 4.90 Å². The van der Waals surface area contributed by atoms with Crippen LogP contribution in [0.2, 0.25) is 0 Å². The maximum absolute atomic E-state index is 14.4. The molecule has 1 aliphatic heterocycles. The van der Waals surface area contributed by atoms with E-state index in [1.54, 1.807) is 12.1 Å². The summed E-state index contributed by atoms with van der Waals surface area (Å²) in [6.45, 7) is 4.05. The molecule has 1 heterocycles. The lowest BCUT2D eigenvalue weighted by Gasteiger charge is -2.39. The normalized spacial score (nSPS) is 22.0. The molecule has 1 aromatic carbocycles. The van der Waals surface area contributed by atoms with Gasteiger partial charge in [0, 0.05) is 42.3 Å². The fourth-order valence-electron chi connectivity index (χ4n) is 3.74. The number of piperazine rings is 1. The highest BCUT2D eigenvalue weighted by atomic mass is 79.9. The molecule has 1 atom stereocenters. The highest BCUT2D eigenvalue weighted by Gasteiger charge is 2.34. The van der Waals surface area contributed by atoms with Crippen molar-refractivity contribution in [3.8, 4) is 0 Å². The molecular weight excluding hydrogens is 355 g/mol. The van der Waals surface area contributed by atoms with Crippen LogP contribution < -0.4 is 5.32 Å². The van der Waals surface area contributed by atoms with Gasteiger partial charge in [-0.05, 0) is 30.9 Å². The molecular formula is C16H23BrClFN2. The molecule has 0 aromatic heterocycles. The highest BCUT2D eigenvalue weighted by Crippen LogP contribution is 2.42. The largest absolute Gasteiger partial charge is 0.314 e. The topological polar surface area (TPSA) is 15.3 Å². The van der Waals surface area contributed by atoms with Crippen molar-refractivity contribution >= 4 is 28.3 Å². The minimum absolute atomic E-state index is 0. The minimum Gasteiger partial charge on any atom is -0.314 e. The summed E-state index contributed by atoms with van der Waals surface area (Å²) < 4.78 is 15.4. The lowest BCUT2D eigenvalue weighted by atomic mass is 9.89. The van der Waals surface area contributed by atoms with Gasteiger partial charge < -0.3 is 5.32 Å². The van der Waals surface area contributed by atoms with E-state index >= 15 is 0 Å². The van der Waals surface area contributed by atoms with Crippen LogP contribution in [0, 0.1) is 11.7 Å². The standard InChI is InChI=1S/C16H22BrFN2.ClH/c17-13-6-3-7-14(18)15(13)16(12-4-1-2-5-12)20-10-8-19-9-11-20;/h3,6-7,12,16,19H,1-2,4-5,8-11H2;1H/t16-;/m0./s1. The van der Waals surface area contributed by atoms with E-state index < -0.39 is 0 Å². The SMILES string of the molecule is Cl.Fc1cccc(Br)c1[C@H](C1CCCC1)N1CCNCC1. The molecule has 2 aliphatic rings. The monoisotopic (exact) mass is 376 g/mol. The molecule has 1 saturated heterocycles. The number of halogens is 3. The Kier molecular flexibility index (Phi) is 6.48. The van der Waals surface area contributed by atoms with E-state index in [1.807, 2.05) is 6.07 Å². The van der Waals surface area contributed by atoms with Crippen LogP contribution in [0.5, 0.6) is 0 Å². The third-order valence-corrected chi connectivity index (χ3v) is 5.38. The Bertz CT molecular complexity index is 439. The zero-order valence-corrected chi connectivity index (χ0v) is 14.6. The summed E-state index contributed by atoms with van der Waals surface area (Å²) in [4.78, 5) is 2.48. The van der Waals surface area contributed by atoms with Crippen molar-refractivity contribution in [1.29, 1.82) is 0 Å². The lowest BCUT2D eigenvalue weighted by molar-refractivity contribution is 0.122. The van der Waals surface area contributed by atoms with Gasteiger partial charge in [0.1, 0.15) is 5.82 Å². The Morgan fingerprint density at radius 2 is 1.86 bits per heavy atom. The smallest absolute Gasteiger partial charge is 0.129 e. The second-order valence-corrected chi connectivity index (χ2v) is 6.77. The first-order valence-electron chi connectivity index (χ1n) is 7.66. The van der Waals surface area contributed by atoms with Crippen LogP contribution in [0.25, 0.3) is 0 Å². The number of hydrogen-bond donors (Lipinski definition) is 1. The van der Waals surface area contributed by atoms with Crippen LogP contribution in [0.1, 0.15) is 37.3 Å². The van der Waals surface area contributed by atoms with Gasteiger partial charge in [0.05, 0.1) is 0 Å². The first-order chi connectivity index (χ1) is 9.77. The quantitative estimate of drug-likeness (QED) is 0.851. The van der Waals surface area contributed by atoms with E-state index in [0.717, 1.165) is 36.2 Å². The molecule has 0 amide bonds. The van der Waals surface area contributed by atoms with Crippen LogP contribution >= 0.6 is 28.3 Å². The summed E-state index contributed by atoms with van der Waals surface area (Å²) in [6.07, 6.45) is 5.05. The Balaban J connectivity index is 0.00000161. The van der Waals surface area contributed by atoms with E-state index in [9.17, 15) is 4.39 Å². The predicted molar refractivity (Wildman–Crippen MR) is 90.5 cm³/mol. The van der Waals surface area contributed by atoms with Crippen molar-refractivity contribution in [2.24, 2.45) is 5.92 Å². The molecule has 5 heteroatoms. The average molecular weight is 378 g/mol. The summed E-state index contributed by atoms with van der Waals surface area (Å²) in [5.41, 5.74) is 0.876. The van der Waals surface area contributed by atoms with Crippen LogP contribution in [0.3, 0.4) is 0 Å². The number of benzene rings is 1. The Labute approximate surface area is 141 Å².